The van der Waals surface area contributed by atoms with Gasteiger partial charge in [0.15, 0.2) is 6.61 Å². The molecule has 30 heavy (non-hydrogen) atoms. The summed E-state index contributed by atoms with van der Waals surface area (Å²) in [6.45, 7) is 7.49. The lowest BCUT2D eigenvalue weighted by Gasteiger charge is -2.30. The van der Waals surface area contributed by atoms with Crippen molar-refractivity contribution in [3.8, 4) is 0 Å². The van der Waals surface area contributed by atoms with Crippen molar-refractivity contribution in [2.75, 3.05) is 26.3 Å². The smallest absolute Gasteiger partial charge is 0.331 e. The molecule has 1 saturated heterocycles. The summed E-state index contributed by atoms with van der Waals surface area (Å²) in [6.07, 6.45) is 2.82. The van der Waals surface area contributed by atoms with Crippen LogP contribution in [-0.2, 0) is 25.6 Å². The van der Waals surface area contributed by atoms with Gasteiger partial charge in [-0.25, -0.2) is 9.48 Å². The number of carbonyl (C=O) groups is 2. The highest BCUT2D eigenvalue weighted by Crippen LogP contribution is 2.22. The standard InChI is InChI=1S/C22H26ClN3O4/c1-15-4-6-18(7-5-15)13-26-22(23)19(17(3)24-26)8-9-21(28)30-14-20(27)25-10-11-29-16(2)12-25/h4-9,16H,10-14H2,1-3H3/b9-8+. The molecule has 1 unspecified atom stereocenters. The average Bonchev–Trinajstić information content (AvgIpc) is 2.99. The number of nitrogens with zero attached hydrogens (tertiary/aromatic N) is 3. The normalized spacial score (nSPS) is 16.8. The highest BCUT2D eigenvalue weighted by molar-refractivity contribution is 6.31. The minimum absolute atomic E-state index is 0.0140. The predicted molar refractivity (Wildman–Crippen MR) is 114 cm³/mol. The molecule has 0 saturated carbocycles. The third-order valence-electron chi connectivity index (χ3n) is 4.88. The molecule has 1 fully saturated rings. The number of rotatable bonds is 6. The van der Waals surface area contributed by atoms with Crippen LogP contribution in [0, 0.1) is 13.8 Å². The van der Waals surface area contributed by atoms with Crippen LogP contribution in [0.2, 0.25) is 5.15 Å². The van der Waals surface area contributed by atoms with E-state index in [4.69, 9.17) is 21.1 Å². The maximum absolute atomic E-state index is 12.2. The number of halogens is 1. The van der Waals surface area contributed by atoms with Crippen molar-refractivity contribution in [1.82, 2.24) is 14.7 Å². The van der Waals surface area contributed by atoms with Crippen molar-refractivity contribution < 1.29 is 19.1 Å². The number of amides is 1. The van der Waals surface area contributed by atoms with E-state index in [2.05, 4.69) is 5.10 Å². The molecule has 1 aliphatic rings. The van der Waals surface area contributed by atoms with Gasteiger partial charge in [0.05, 0.1) is 24.9 Å². The van der Waals surface area contributed by atoms with Gasteiger partial charge in [0.25, 0.3) is 5.91 Å². The lowest BCUT2D eigenvalue weighted by molar-refractivity contribution is -0.151. The summed E-state index contributed by atoms with van der Waals surface area (Å²) in [7, 11) is 0. The van der Waals surface area contributed by atoms with Gasteiger partial charge in [-0.15, -0.1) is 0 Å². The zero-order valence-corrected chi connectivity index (χ0v) is 18.2. The molecule has 1 aliphatic heterocycles. The van der Waals surface area contributed by atoms with E-state index < -0.39 is 5.97 Å². The van der Waals surface area contributed by atoms with E-state index in [0.29, 0.717) is 42.7 Å². The highest BCUT2D eigenvalue weighted by atomic mass is 35.5. The maximum atomic E-state index is 12.2. The number of benzene rings is 1. The van der Waals surface area contributed by atoms with Crippen LogP contribution < -0.4 is 0 Å². The Labute approximate surface area is 181 Å². The minimum atomic E-state index is -0.605. The molecule has 3 rings (SSSR count). The molecule has 0 spiro atoms. The fourth-order valence-corrected chi connectivity index (χ4v) is 3.49. The van der Waals surface area contributed by atoms with Crippen molar-refractivity contribution in [2.24, 2.45) is 0 Å². The molecule has 1 aromatic carbocycles. The maximum Gasteiger partial charge on any atom is 0.331 e. The molecule has 0 bridgehead atoms. The Kier molecular flexibility index (Phi) is 7.29. The Morgan fingerprint density at radius 1 is 1.30 bits per heavy atom. The van der Waals surface area contributed by atoms with Crippen LogP contribution in [0.5, 0.6) is 0 Å². The first-order valence-electron chi connectivity index (χ1n) is 9.86. The number of carbonyl (C=O) groups excluding carboxylic acids is 2. The van der Waals surface area contributed by atoms with E-state index in [-0.39, 0.29) is 18.6 Å². The molecule has 0 radical (unpaired) electrons. The van der Waals surface area contributed by atoms with Crippen molar-refractivity contribution >= 4 is 29.6 Å². The zero-order valence-electron chi connectivity index (χ0n) is 17.4. The number of aromatic nitrogens is 2. The van der Waals surface area contributed by atoms with Crippen molar-refractivity contribution in [1.29, 1.82) is 0 Å². The van der Waals surface area contributed by atoms with Gasteiger partial charge in [0.1, 0.15) is 5.15 Å². The molecule has 160 valence electrons. The van der Waals surface area contributed by atoms with E-state index in [1.165, 1.54) is 11.6 Å². The Morgan fingerprint density at radius 2 is 2.03 bits per heavy atom. The first-order valence-corrected chi connectivity index (χ1v) is 10.2. The van der Waals surface area contributed by atoms with Crippen LogP contribution in [0.4, 0.5) is 0 Å². The second-order valence-corrected chi connectivity index (χ2v) is 7.75. The zero-order chi connectivity index (χ0) is 21.7. The number of morpholine rings is 1. The molecule has 2 heterocycles. The van der Waals surface area contributed by atoms with Gasteiger partial charge in [-0.2, -0.15) is 5.10 Å². The molecule has 1 aromatic heterocycles. The topological polar surface area (TPSA) is 73.7 Å². The van der Waals surface area contributed by atoms with E-state index in [0.717, 1.165) is 5.56 Å². The third kappa shape index (κ3) is 5.70. The third-order valence-corrected chi connectivity index (χ3v) is 5.28. The lowest BCUT2D eigenvalue weighted by atomic mass is 10.1. The summed E-state index contributed by atoms with van der Waals surface area (Å²) in [6, 6.07) is 8.13. The average molecular weight is 432 g/mol. The SMILES string of the molecule is Cc1ccc(Cn2nc(C)c(/C=C/C(=O)OCC(=O)N3CCOC(C)C3)c2Cl)cc1. The van der Waals surface area contributed by atoms with Crippen LogP contribution in [0.3, 0.4) is 0 Å². The van der Waals surface area contributed by atoms with Gasteiger partial charge in [0, 0.05) is 24.7 Å². The van der Waals surface area contributed by atoms with Gasteiger partial charge in [-0.1, -0.05) is 41.4 Å². The van der Waals surface area contributed by atoms with E-state index >= 15 is 0 Å². The minimum Gasteiger partial charge on any atom is -0.452 e. The largest absolute Gasteiger partial charge is 0.452 e. The van der Waals surface area contributed by atoms with Gasteiger partial charge in [-0.05, 0) is 32.4 Å². The van der Waals surface area contributed by atoms with Crippen LogP contribution >= 0.6 is 11.6 Å². The first kappa shape index (κ1) is 22.1. The number of hydrogen-bond donors (Lipinski definition) is 0. The van der Waals surface area contributed by atoms with Crippen LogP contribution in [0.15, 0.2) is 30.3 Å². The molecule has 2 aromatic rings. The van der Waals surface area contributed by atoms with Crippen LogP contribution in [0.1, 0.15) is 29.3 Å². The Balaban J connectivity index is 1.57. The molecular formula is C22H26ClN3O4. The van der Waals surface area contributed by atoms with E-state index in [1.54, 1.807) is 15.7 Å². The van der Waals surface area contributed by atoms with Gasteiger partial charge >= 0.3 is 5.97 Å². The molecule has 7 nitrogen and oxygen atoms in total. The van der Waals surface area contributed by atoms with Crippen LogP contribution in [-0.4, -0.2) is 59.0 Å². The summed E-state index contributed by atoms with van der Waals surface area (Å²) in [5.74, 6) is -0.835. The van der Waals surface area contributed by atoms with E-state index in [1.807, 2.05) is 45.0 Å². The van der Waals surface area contributed by atoms with E-state index in [9.17, 15) is 9.59 Å². The molecule has 0 aliphatic carbocycles. The number of ether oxygens (including phenoxy) is 2. The highest BCUT2D eigenvalue weighted by Gasteiger charge is 2.22. The van der Waals surface area contributed by atoms with Crippen molar-refractivity contribution in [2.45, 2.75) is 33.4 Å². The summed E-state index contributed by atoms with van der Waals surface area (Å²) < 4.78 is 12.2. The molecular weight excluding hydrogens is 406 g/mol. The Hall–Kier alpha value is -2.64. The molecule has 1 atom stereocenters. The Bertz CT molecular complexity index is 937. The predicted octanol–water partition coefficient (Wildman–Crippen LogP) is 3.01. The summed E-state index contributed by atoms with van der Waals surface area (Å²) in [4.78, 5) is 25.8. The Morgan fingerprint density at radius 3 is 2.73 bits per heavy atom. The molecule has 8 heteroatoms. The molecule has 0 N–H and O–H groups in total. The molecule has 1 amide bonds. The second kappa shape index (κ2) is 9.91. The summed E-state index contributed by atoms with van der Waals surface area (Å²) in [5.41, 5.74) is 3.62. The fourth-order valence-electron chi connectivity index (χ4n) is 3.20. The fraction of sp³-hybridized carbons (Fsp3) is 0.409. The number of aryl methyl sites for hydroxylation is 2. The summed E-state index contributed by atoms with van der Waals surface area (Å²) >= 11 is 6.46. The number of esters is 1. The van der Waals surface area contributed by atoms with Crippen molar-refractivity contribution in [3.05, 3.63) is 57.9 Å². The van der Waals surface area contributed by atoms with Crippen LogP contribution in [0.25, 0.3) is 6.08 Å². The van der Waals surface area contributed by atoms with Gasteiger partial charge in [-0.3, -0.25) is 4.79 Å². The second-order valence-electron chi connectivity index (χ2n) is 7.40. The summed E-state index contributed by atoms with van der Waals surface area (Å²) in [5, 5.41) is 4.90. The van der Waals surface area contributed by atoms with Crippen molar-refractivity contribution in [3.63, 3.8) is 0 Å². The quantitative estimate of drug-likeness (QED) is 0.519. The lowest BCUT2D eigenvalue weighted by Crippen LogP contribution is -2.46. The van der Waals surface area contributed by atoms with Gasteiger partial charge in [0.2, 0.25) is 0 Å². The monoisotopic (exact) mass is 431 g/mol. The first-order chi connectivity index (χ1) is 14.3. The van der Waals surface area contributed by atoms with Gasteiger partial charge < -0.3 is 14.4 Å². The number of hydrogen-bond acceptors (Lipinski definition) is 5.